The Morgan fingerprint density at radius 2 is 1.47 bits per heavy atom. The first-order valence-corrected chi connectivity index (χ1v) is 10.6. The maximum absolute atomic E-state index is 12.8. The zero-order chi connectivity index (χ0) is 21.1. The number of hydrogen-bond donors (Lipinski definition) is 2. The van der Waals surface area contributed by atoms with Crippen LogP contribution in [0.4, 0.5) is 0 Å². The van der Waals surface area contributed by atoms with Crippen LogP contribution in [0.3, 0.4) is 0 Å². The van der Waals surface area contributed by atoms with E-state index >= 15 is 0 Å². The van der Waals surface area contributed by atoms with Crippen LogP contribution in [-0.2, 0) is 0 Å². The van der Waals surface area contributed by atoms with Crippen LogP contribution in [-0.4, -0.2) is 33.1 Å². The number of aliphatic hydroxyl groups excluding tert-OH is 1. The summed E-state index contributed by atoms with van der Waals surface area (Å²) >= 11 is 12.1. The molecule has 0 spiro atoms. The number of amides is 1. The predicted molar refractivity (Wildman–Crippen MR) is 119 cm³/mol. The standard InChI is InChI=1S/C23H21Cl2N3O2/c24-16-9-5-14(6-10-16)21-22(15-7-11-17(25)12-8-15)27-19(13-26-21)23(30)28-18-3-1-2-4-20(18)29/h5-13,18,20,29H,1-4H2,(H,28,30). The van der Waals surface area contributed by atoms with Gasteiger partial charge in [0.25, 0.3) is 5.91 Å². The number of aromatic nitrogens is 2. The van der Waals surface area contributed by atoms with Crippen molar-refractivity contribution in [2.45, 2.75) is 37.8 Å². The molecule has 7 heteroatoms. The van der Waals surface area contributed by atoms with Crippen LogP contribution in [0.5, 0.6) is 0 Å². The quantitative estimate of drug-likeness (QED) is 0.586. The van der Waals surface area contributed by atoms with Crippen LogP contribution in [0.2, 0.25) is 10.0 Å². The average molecular weight is 442 g/mol. The van der Waals surface area contributed by atoms with Crippen molar-refractivity contribution in [1.82, 2.24) is 15.3 Å². The largest absolute Gasteiger partial charge is 0.391 e. The highest BCUT2D eigenvalue weighted by Gasteiger charge is 2.26. The SMILES string of the molecule is O=C(NC1CCCCC1O)c1cnc(-c2ccc(Cl)cc2)c(-c2ccc(Cl)cc2)n1. The summed E-state index contributed by atoms with van der Waals surface area (Å²) in [5.41, 5.74) is 3.06. The molecular weight excluding hydrogens is 421 g/mol. The number of hydrogen-bond acceptors (Lipinski definition) is 4. The molecule has 4 rings (SSSR count). The van der Waals surface area contributed by atoms with Crippen LogP contribution in [0, 0.1) is 0 Å². The van der Waals surface area contributed by atoms with Crippen LogP contribution in [0.1, 0.15) is 36.2 Å². The molecule has 0 aliphatic heterocycles. The Morgan fingerprint density at radius 1 is 0.900 bits per heavy atom. The predicted octanol–water partition coefficient (Wildman–Crippen LogP) is 5.15. The smallest absolute Gasteiger partial charge is 0.271 e. The molecule has 1 saturated carbocycles. The molecule has 1 heterocycles. The van der Waals surface area contributed by atoms with Gasteiger partial charge < -0.3 is 10.4 Å². The van der Waals surface area contributed by atoms with Crippen molar-refractivity contribution in [1.29, 1.82) is 0 Å². The van der Waals surface area contributed by atoms with E-state index in [2.05, 4.69) is 15.3 Å². The van der Waals surface area contributed by atoms with Crippen molar-refractivity contribution in [3.8, 4) is 22.5 Å². The fourth-order valence-corrected chi connectivity index (χ4v) is 3.90. The second-order valence-electron chi connectivity index (χ2n) is 7.40. The van der Waals surface area contributed by atoms with Gasteiger partial charge in [0.2, 0.25) is 0 Å². The minimum Gasteiger partial charge on any atom is -0.391 e. The minimum atomic E-state index is -0.528. The van der Waals surface area contributed by atoms with Crippen molar-refractivity contribution in [2.75, 3.05) is 0 Å². The van der Waals surface area contributed by atoms with Gasteiger partial charge in [-0.25, -0.2) is 4.98 Å². The third kappa shape index (κ3) is 4.64. The maximum Gasteiger partial charge on any atom is 0.271 e. The second kappa shape index (κ2) is 9.13. The van der Waals surface area contributed by atoms with Gasteiger partial charge >= 0.3 is 0 Å². The van der Waals surface area contributed by atoms with Gasteiger partial charge in [0, 0.05) is 21.2 Å². The van der Waals surface area contributed by atoms with E-state index in [0.717, 1.165) is 30.4 Å². The van der Waals surface area contributed by atoms with E-state index in [9.17, 15) is 9.90 Å². The maximum atomic E-state index is 12.8. The first-order valence-electron chi connectivity index (χ1n) is 9.89. The normalized spacial score (nSPS) is 18.8. The third-order valence-corrected chi connectivity index (χ3v) is 5.79. The zero-order valence-corrected chi connectivity index (χ0v) is 17.7. The molecule has 2 atom stereocenters. The van der Waals surface area contributed by atoms with E-state index in [4.69, 9.17) is 23.2 Å². The summed E-state index contributed by atoms with van der Waals surface area (Å²) in [6, 6.07) is 14.3. The number of rotatable bonds is 4. The lowest BCUT2D eigenvalue weighted by atomic mass is 9.92. The van der Waals surface area contributed by atoms with Crippen LogP contribution < -0.4 is 5.32 Å². The molecule has 2 unspecified atom stereocenters. The molecule has 1 aliphatic rings. The topological polar surface area (TPSA) is 75.1 Å². The summed E-state index contributed by atoms with van der Waals surface area (Å²) < 4.78 is 0. The molecule has 154 valence electrons. The Hall–Kier alpha value is -2.47. The number of nitrogens with zero attached hydrogens (tertiary/aromatic N) is 2. The highest BCUT2D eigenvalue weighted by molar-refractivity contribution is 6.31. The molecule has 2 aromatic carbocycles. The molecule has 5 nitrogen and oxygen atoms in total. The van der Waals surface area contributed by atoms with E-state index in [1.807, 2.05) is 24.3 Å². The second-order valence-corrected chi connectivity index (χ2v) is 8.27. The van der Waals surface area contributed by atoms with Gasteiger partial charge in [0.1, 0.15) is 5.69 Å². The number of aliphatic hydroxyl groups is 1. The van der Waals surface area contributed by atoms with Gasteiger partial charge in [0.15, 0.2) is 0 Å². The Balaban J connectivity index is 1.71. The first kappa shape index (κ1) is 20.8. The molecule has 0 radical (unpaired) electrons. The Morgan fingerprint density at radius 3 is 2.07 bits per heavy atom. The lowest BCUT2D eigenvalue weighted by molar-refractivity contribution is 0.0713. The Kier molecular flexibility index (Phi) is 6.32. The first-order chi connectivity index (χ1) is 14.5. The lowest BCUT2D eigenvalue weighted by Crippen LogP contribution is -2.45. The number of carbonyl (C=O) groups is 1. The number of halogens is 2. The molecule has 1 aromatic heterocycles. The molecule has 0 bridgehead atoms. The van der Waals surface area contributed by atoms with Gasteiger partial charge in [-0.2, -0.15) is 0 Å². The van der Waals surface area contributed by atoms with Gasteiger partial charge in [-0.3, -0.25) is 9.78 Å². The summed E-state index contributed by atoms with van der Waals surface area (Å²) in [6.45, 7) is 0. The van der Waals surface area contributed by atoms with Gasteiger partial charge in [-0.1, -0.05) is 60.3 Å². The summed E-state index contributed by atoms with van der Waals surface area (Å²) in [5.74, 6) is -0.341. The van der Waals surface area contributed by atoms with Crippen LogP contribution in [0.25, 0.3) is 22.5 Å². The average Bonchev–Trinajstić information content (AvgIpc) is 2.76. The molecule has 1 fully saturated rings. The highest BCUT2D eigenvalue weighted by atomic mass is 35.5. The molecule has 3 aromatic rings. The van der Waals surface area contributed by atoms with Gasteiger partial charge in [-0.15, -0.1) is 0 Å². The van der Waals surface area contributed by atoms with E-state index in [0.29, 0.717) is 27.9 Å². The van der Waals surface area contributed by atoms with Gasteiger partial charge in [0.05, 0.1) is 29.7 Å². The number of nitrogens with one attached hydrogen (secondary N) is 1. The van der Waals surface area contributed by atoms with E-state index in [-0.39, 0.29) is 17.6 Å². The van der Waals surface area contributed by atoms with Crippen LogP contribution >= 0.6 is 23.2 Å². The van der Waals surface area contributed by atoms with E-state index in [1.54, 1.807) is 24.3 Å². The molecule has 30 heavy (non-hydrogen) atoms. The van der Waals surface area contributed by atoms with Crippen LogP contribution in [0.15, 0.2) is 54.7 Å². The monoisotopic (exact) mass is 441 g/mol. The minimum absolute atomic E-state index is 0.204. The molecular formula is C23H21Cl2N3O2. The summed E-state index contributed by atoms with van der Waals surface area (Å²) in [6.07, 6.45) is 4.35. The van der Waals surface area contributed by atoms with Crippen molar-refractivity contribution < 1.29 is 9.90 Å². The van der Waals surface area contributed by atoms with E-state index < -0.39 is 6.10 Å². The van der Waals surface area contributed by atoms with E-state index in [1.165, 1.54) is 6.20 Å². The van der Waals surface area contributed by atoms with Crippen molar-refractivity contribution in [2.24, 2.45) is 0 Å². The summed E-state index contributed by atoms with van der Waals surface area (Å²) in [4.78, 5) is 22.0. The van der Waals surface area contributed by atoms with Crippen molar-refractivity contribution in [3.63, 3.8) is 0 Å². The summed E-state index contributed by atoms with van der Waals surface area (Å²) in [7, 11) is 0. The third-order valence-electron chi connectivity index (χ3n) is 5.29. The fourth-order valence-electron chi connectivity index (χ4n) is 3.65. The molecule has 2 N–H and O–H groups in total. The number of carbonyl (C=O) groups excluding carboxylic acids is 1. The van der Waals surface area contributed by atoms with Crippen molar-refractivity contribution >= 4 is 29.1 Å². The molecule has 1 aliphatic carbocycles. The van der Waals surface area contributed by atoms with Gasteiger partial charge in [-0.05, 0) is 37.1 Å². The van der Waals surface area contributed by atoms with Crippen molar-refractivity contribution in [3.05, 3.63) is 70.5 Å². The zero-order valence-electron chi connectivity index (χ0n) is 16.2. The fraction of sp³-hybridized carbons (Fsp3) is 0.261. The summed E-state index contributed by atoms with van der Waals surface area (Å²) in [5, 5.41) is 14.3. The number of benzene rings is 2. The molecule has 0 saturated heterocycles. The Labute approximate surface area is 185 Å². The molecule has 1 amide bonds. The lowest BCUT2D eigenvalue weighted by Gasteiger charge is -2.28. The highest BCUT2D eigenvalue weighted by Crippen LogP contribution is 2.30. The Bertz CT molecular complexity index is 1040.